The molecule has 10 heteroatoms. The number of fused-ring (bicyclic) bond motifs is 1. The van der Waals surface area contributed by atoms with Crippen LogP contribution < -0.4 is 25.2 Å². The maximum atomic E-state index is 6.49. The van der Waals surface area contributed by atoms with Crippen LogP contribution in [0.2, 0.25) is 5.02 Å². The van der Waals surface area contributed by atoms with Crippen molar-refractivity contribution in [1.82, 2.24) is 14.9 Å². The summed E-state index contributed by atoms with van der Waals surface area (Å²) in [7, 11) is 1.66. The molecular weight excluding hydrogens is 502 g/mol. The maximum absolute atomic E-state index is 6.49. The van der Waals surface area contributed by atoms with Gasteiger partial charge < -0.3 is 29.9 Å². The molecule has 2 N–H and O–H groups in total. The monoisotopic (exact) mass is 537 g/mol. The van der Waals surface area contributed by atoms with Crippen LogP contribution >= 0.6 is 11.6 Å². The average molecular weight is 538 g/mol. The third-order valence-electron chi connectivity index (χ3n) is 7.15. The number of nitrogens with one attached hydrogen (secondary N) is 2. The smallest absolute Gasteiger partial charge is 0.229 e. The van der Waals surface area contributed by atoms with E-state index in [1.807, 2.05) is 12.1 Å². The van der Waals surface area contributed by atoms with E-state index < -0.39 is 0 Å². The summed E-state index contributed by atoms with van der Waals surface area (Å²) in [5.41, 5.74) is 5.40. The van der Waals surface area contributed by atoms with Crippen LogP contribution in [0.5, 0.6) is 5.75 Å². The Hall–Kier alpha value is -3.27. The summed E-state index contributed by atoms with van der Waals surface area (Å²) >= 11 is 6.49. The molecule has 0 radical (unpaired) electrons. The van der Waals surface area contributed by atoms with E-state index in [0.29, 0.717) is 22.5 Å². The number of methoxy groups -OCH3 is 1. The second kappa shape index (κ2) is 12.1. The third kappa shape index (κ3) is 5.90. The number of morpholine rings is 1. The summed E-state index contributed by atoms with van der Waals surface area (Å²) in [4.78, 5) is 16.3. The van der Waals surface area contributed by atoms with Crippen LogP contribution in [0.25, 0.3) is 0 Å². The van der Waals surface area contributed by atoms with Crippen LogP contribution in [0, 0.1) is 0 Å². The van der Waals surface area contributed by atoms with Gasteiger partial charge in [0.1, 0.15) is 10.8 Å². The van der Waals surface area contributed by atoms with E-state index in [9.17, 15) is 0 Å². The van der Waals surface area contributed by atoms with E-state index >= 15 is 0 Å². The van der Waals surface area contributed by atoms with Crippen molar-refractivity contribution in [1.29, 1.82) is 0 Å². The van der Waals surface area contributed by atoms with Gasteiger partial charge >= 0.3 is 0 Å². The van der Waals surface area contributed by atoms with Crippen molar-refractivity contribution in [2.75, 3.05) is 80.0 Å². The molecule has 0 aliphatic carbocycles. The van der Waals surface area contributed by atoms with E-state index in [1.54, 1.807) is 13.3 Å². The van der Waals surface area contributed by atoms with Crippen LogP contribution in [-0.4, -0.2) is 74.5 Å². The van der Waals surface area contributed by atoms with E-state index in [0.717, 1.165) is 76.1 Å². The summed E-state index contributed by atoms with van der Waals surface area (Å²) in [6.07, 6.45) is 1.61. The first-order valence-corrected chi connectivity index (χ1v) is 13.6. The van der Waals surface area contributed by atoms with Crippen molar-refractivity contribution in [3.63, 3.8) is 0 Å². The molecule has 3 aromatic rings. The van der Waals surface area contributed by atoms with Gasteiger partial charge in [-0.25, -0.2) is 4.98 Å². The van der Waals surface area contributed by atoms with Gasteiger partial charge in [0, 0.05) is 62.4 Å². The Labute approximate surface area is 229 Å². The van der Waals surface area contributed by atoms with Crippen LogP contribution in [-0.2, 0) is 11.3 Å². The quantitative estimate of drug-likeness (QED) is 0.407. The van der Waals surface area contributed by atoms with Gasteiger partial charge in [0.15, 0.2) is 5.82 Å². The van der Waals surface area contributed by atoms with Gasteiger partial charge in [-0.15, -0.1) is 0 Å². The van der Waals surface area contributed by atoms with Crippen LogP contribution in [0.4, 0.5) is 34.5 Å². The van der Waals surface area contributed by atoms with Crippen LogP contribution in [0.15, 0.2) is 42.6 Å². The lowest BCUT2D eigenvalue weighted by Crippen LogP contribution is -2.36. The molecule has 2 aliphatic rings. The summed E-state index contributed by atoms with van der Waals surface area (Å²) in [6, 6.07) is 12.6. The molecule has 1 saturated heterocycles. The van der Waals surface area contributed by atoms with E-state index in [1.165, 1.54) is 11.3 Å². The van der Waals surface area contributed by atoms with E-state index in [-0.39, 0.29) is 0 Å². The highest BCUT2D eigenvalue weighted by Crippen LogP contribution is 2.35. The van der Waals surface area contributed by atoms with Gasteiger partial charge in [0.2, 0.25) is 5.95 Å². The fourth-order valence-corrected chi connectivity index (χ4v) is 5.08. The normalized spacial score (nSPS) is 16.1. The second-order valence-corrected chi connectivity index (χ2v) is 9.82. The zero-order chi connectivity index (χ0) is 26.5. The Bertz CT molecular complexity index is 1250. The fraction of sp³-hybridized carbons (Fsp3) is 0.429. The number of nitrogens with zero attached hydrogens (tertiary/aromatic N) is 5. The number of halogens is 1. The lowest BCUT2D eigenvalue weighted by atomic mass is 10.1. The molecule has 0 atom stereocenters. The number of hydrogen-bond acceptors (Lipinski definition) is 9. The number of benzene rings is 2. The maximum Gasteiger partial charge on any atom is 0.229 e. The standard InChI is InChI=1S/C28H36ClN7O2/c1-4-34-10-11-35(5-2)25-16-21(7-6-20(25)19-34)31-28-30-18-23(29)27(33-28)32-24-9-8-22(17-26(24)37-3)36-12-14-38-15-13-36/h6-9,16-18H,4-5,10-15,19H2,1-3H3,(H2,30,31,32,33). The highest BCUT2D eigenvalue weighted by molar-refractivity contribution is 6.33. The minimum Gasteiger partial charge on any atom is -0.494 e. The number of ether oxygens (including phenoxy) is 2. The number of rotatable bonds is 8. The predicted molar refractivity (Wildman–Crippen MR) is 155 cm³/mol. The molecular formula is C28H36ClN7O2. The summed E-state index contributed by atoms with van der Waals surface area (Å²) in [5, 5.41) is 7.12. The zero-order valence-electron chi connectivity index (χ0n) is 22.3. The van der Waals surface area contributed by atoms with E-state index in [4.69, 9.17) is 21.1 Å². The molecule has 1 aromatic heterocycles. The Morgan fingerprint density at radius 3 is 2.61 bits per heavy atom. The molecule has 2 aliphatic heterocycles. The van der Waals surface area contributed by atoms with Gasteiger partial charge in [-0.1, -0.05) is 24.6 Å². The van der Waals surface area contributed by atoms with Crippen LogP contribution in [0.3, 0.4) is 0 Å². The Kier molecular flexibility index (Phi) is 8.36. The third-order valence-corrected chi connectivity index (χ3v) is 7.43. The first-order valence-electron chi connectivity index (χ1n) is 13.3. The van der Waals surface area contributed by atoms with Gasteiger partial charge in [-0.05, 0) is 43.3 Å². The molecule has 3 heterocycles. The fourth-order valence-electron chi connectivity index (χ4n) is 4.94. The zero-order valence-corrected chi connectivity index (χ0v) is 23.1. The average Bonchev–Trinajstić information content (AvgIpc) is 3.14. The number of anilines is 6. The molecule has 0 amide bonds. The van der Waals surface area contributed by atoms with Gasteiger partial charge in [-0.3, -0.25) is 4.90 Å². The van der Waals surface area contributed by atoms with Crippen molar-refractivity contribution in [2.24, 2.45) is 0 Å². The minimum atomic E-state index is 0.425. The van der Waals surface area contributed by atoms with Crippen molar-refractivity contribution < 1.29 is 9.47 Å². The van der Waals surface area contributed by atoms with Crippen LogP contribution in [0.1, 0.15) is 19.4 Å². The Morgan fingerprint density at radius 1 is 1.00 bits per heavy atom. The molecule has 38 heavy (non-hydrogen) atoms. The first-order chi connectivity index (χ1) is 18.6. The SMILES string of the molecule is CCN1CCN(CC)c2cc(Nc3ncc(Cl)c(Nc4ccc(N5CCOCC5)cc4OC)n3)ccc2C1. The summed E-state index contributed by atoms with van der Waals surface area (Å²) in [5.74, 6) is 1.68. The van der Waals surface area contributed by atoms with Gasteiger partial charge in [0.25, 0.3) is 0 Å². The summed E-state index contributed by atoms with van der Waals surface area (Å²) in [6.45, 7) is 12.6. The Morgan fingerprint density at radius 2 is 1.84 bits per heavy atom. The largest absolute Gasteiger partial charge is 0.494 e. The highest BCUT2D eigenvalue weighted by Gasteiger charge is 2.19. The van der Waals surface area contributed by atoms with Gasteiger partial charge in [0.05, 0.1) is 32.2 Å². The summed E-state index contributed by atoms with van der Waals surface area (Å²) < 4.78 is 11.2. The molecule has 9 nitrogen and oxygen atoms in total. The first kappa shape index (κ1) is 26.3. The molecule has 5 rings (SSSR count). The number of likely N-dealkylation sites (N-methyl/N-ethyl adjacent to an activating group) is 2. The van der Waals surface area contributed by atoms with Crippen molar-refractivity contribution >= 4 is 46.1 Å². The second-order valence-electron chi connectivity index (χ2n) is 9.42. The molecule has 2 aromatic carbocycles. The predicted octanol–water partition coefficient (Wildman–Crippen LogP) is 5.12. The number of aromatic nitrogens is 2. The molecule has 0 saturated carbocycles. The van der Waals surface area contributed by atoms with Gasteiger partial charge in [-0.2, -0.15) is 4.98 Å². The van der Waals surface area contributed by atoms with Crippen molar-refractivity contribution in [2.45, 2.75) is 20.4 Å². The molecule has 0 unspecified atom stereocenters. The molecule has 202 valence electrons. The van der Waals surface area contributed by atoms with Crippen molar-refractivity contribution in [3.8, 4) is 5.75 Å². The minimum absolute atomic E-state index is 0.425. The number of hydrogen-bond donors (Lipinski definition) is 2. The van der Waals surface area contributed by atoms with E-state index in [2.05, 4.69) is 73.4 Å². The topological polar surface area (TPSA) is 78.0 Å². The van der Waals surface area contributed by atoms with Crippen molar-refractivity contribution in [3.05, 3.63) is 53.2 Å². The highest BCUT2D eigenvalue weighted by atomic mass is 35.5. The molecule has 0 bridgehead atoms. The lowest BCUT2D eigenvalue weighted by Gasteiger charge is -2.29. The lowest BCUT2D eigenvalue weighted by molar-refractivity contribution is 0.122. The Balaban J connectivity index is 1.35. The molecule has 1 fully saturated rings. The molecule has 0 spiro atoms.